The number of aliphatic imine (C=N–C) groups is 1. The predicted octanol–water partition coefficient (Wildman–Crippen LogP) is 3.38. The molecule has 1 aliphatic carbocycles. The highest BCUT2D eigenvalue weighted by atomic mass is 32.2. The average molecular weight is 398 g/mol. The van der Waals surface area contributed by atoms with E-state index in [4.69, 9.17) is 4.99 Å². The van der Waals surface area contributed by atoms with Crippen molar-refractivity contribution in [3.05, 3.63) is 65.0 Å². The van der Waals surface area contributed by atoms with E-state index in [9.17, 15) is 8.42 Å². The van der Waals surface area contributed by atoms with E-state index >= 15 is 0 Å². The van der Waals surface area contributed by atoms with Crippen molar-refractivity contribution in [2.75, 3.05) is 12.3 Å². The minimum Gasteiger partial charge on any atom is -0.288 e. The highest BCUT2D eigenvalue weighted by Crippen LogP contribution is 2.47. The van der Waals surface area contributed by atoms with E-state index in [2.05, 4.69) is 27.9 Å². The van der Waals surface area contributed by atoms with Gasteiger partial charge >= 0.3 is 0 Å². The van der Waals surface area contributed by atoms with Crippen LogP contribution in [0.25, 0.3) is 0 Å². The van der Waals surface area contributed by atoms with E-state index < -0.39 is 10.0 Å². The van der Waals surface area contributed by atoms with Crippen LogP contribution < -0.4 is 4.72 Å². The molecule has 4 rings (SSSR count). The van der Waals surface area contributed by atoms with E-state index in [1.807, 2.05) is 31.3 Å². The maximum absolute atomic E-state index is 12.0. The SMILES string of the molecule is CCCS(=O)(=O)NCc1ccc2c(c1)C(C1(c3ccccn3)CCC1)=NCC2. The molecule has 0 saturated heterocycles. The maximum atomic E-state index is 12.0. The molecule has 6 heteroatoms. The Kier molecular flexibility index (Phi) is 5.34. The van der Waals surface area contributed by atoms with Gasteiger partial charge in [-0.05, 0) is 55.0 Å². The van der Waals surface area contributed by atoms with Crippen LogP contribution in [-0.2, 0) is 28.4 Å². The number of aromatic nitrogens is 1. The van der Waals surface area contributed by atoms with Gasteiger partial charge in [0.25, 0.3) is 0 Å². The zero-order valence-electron chi connectivity index (χ0n) is 16.3. The van der Waals surface area contributed by atoms with E-state index in [-0.39, 0.29) is 11.2 Å². The van der Waals surface area contributed by atoms with Crippen LogP contribution in [0.2, 0.25) is 0 Å². The zero-order chi connectivity index (χ0) is 19.6. The number of sulfonamides is 1. The minimum absolute atomic E-state index is 0.100. The van der Waals surface area contributed by atoms with Gasteiger partial charge in [-0.25, -0.2) is 13.1 Å². The second-order valence-electron chi connectivity index (χ2n) is 7.76. The highest BCUT2D eigenvalue weighted by Gasteiger charge is 2.46. The molecule has 5 nitrogen and oxygen atoms in total. The molecule has 28 heavy (non-hydrogen) atoms. The Balaban J connectivity index is 1.65. The van der Waals surface area contributed by atoms with Crippen molar-refractivity contribution in [2.24, 2.45) is 4.99 Å². The van der Waals surface area contributed by atoms with Crippen LogP contribution in [0.5, 0.6) is 0 Å². The second-order valence-corrected chi connectivity index (χ2v) is 9.69. The number of fused-ring (bicyclic) bond motifs is 1. The van der Waals surface area contributed by atoms with E-state index in [0.717, 1.165) is 42.8 Å². The number of nitrogens with zero attached hydrogens (tertiary/aromatic N) is 2. The largest absolute Gasteiger partial charge is 0.288 e. The lowest BCUT2D eigenvalue weighted by atomic mass is 9.61. The molecule has 148 valence electrons. The molecule has 1 saturated carbocycles. The second kappa shape index (κ2) is 7.76. The Hall–Kier alpha value is -2.05. The molecular weight excluding hydrogens is 370 g/mol. The van der Waals surface area contributed by atoms with Crippen LogP contribution in [0.3, 0.4) is 0 Å². The number of pyridine rings is 1. The van der Waals surface area contributed by atoms with Crippen molar-refractivity contribution in [1.29, 1.82) is 0 Å². The van der Waals surface area contributed by atoms with Gasteiger partial charge in [-0.1, -0.05) is 31.5 Å². The molecule has 0 unspecified atom stereocenters. The molecule has 1 fully saturated rings. The van der Waals surface area contributed by atoms with Crippen LogP contribution in [0.1, 0.15) is 55.0 Å². The van der Waals surface area contributed by atoms with Gasteiger partial charge in [0.05, 0.1) is 22.6 Å². The van der Waals surface area contributed by atoms with E-state index in [1.54, 1.807) is 0 Å². The molecule has 2 aromatic rings. The Morgan fingerprint density at radius 1 is 1.18 bits per heavy atom. The van der Waals surface area contributed by atoms with E-state index in [1.165, 1.54) is 17.5 Å². The Morgan fingerprint density at radius 3 is 2.71 bits per heavy atom. The first-order chi connectivity index (χ1) is 13.5. The lowest BCUT2D eigenvalue weighted by Gasteiger charge is -2.44. The Labute approximate surface area is 167 Å². The molecule has 1 aromatic carbocycles. The molecule has 0 spiro atoms. The van der Waals surface area contributed by atoms with Gasteiger partial charge in [0.2, 0.25) is 10.0 Å². The fraction of sp³-hybridized carbons (Fsp3) is 0.455. The van der Waals surface area contributed by atoms with Crippen LogP contribution in [0.15, 0.2) is 47.6 Å². The van der Waals surface area contributed by atoms with Gasteiger partial charge in [-0.2, -0.15) is 0 Å². The molecule has 1 N–H and O–H groups in total. The predicted molar refractivity (Wildman–Crippen MR) is 112 cm³/mol. The fourth-order valence-corrected chi connectivity index (χ4v) is 5.35. The number of hydrogen-bond donors (Lipinski definition) is 1. The van der Waals surface area contributed by atoms with Crippen LogP contribution in [0.4, 0.5) is 0 Å². The molecule has 0 bridgehead atoms. The normalized spacial score (nSPS) is 18.1. The summed E-state index contributed by atoms with van der Waals surface area (Å²) < 4.78 is 26.7. The van der Waals surface area contributed by atoms with Crippen LogP contribution in [-0.4, -0.2) is 31.4 Å². The van der Waals surface area contributed by atoms with Gasteiger partial charge in [0, 0.05) is 24.8 Å². The first kappa shape index (κ1) is 19.3. The number of nitrogens with one attached hydrogen (secondary N) is 1. The summed E-state index contributed by atoms with van der Waals surface area (Å²) in [6.07, 6.45) is 6.72. The van der Waals surface area contributed by atoms with Crippen molar-refractivity contribution in [1.82, 2.24) is 9.71 Å². The van der Waals surface area contributed by atoms with Crippen molar-refractivity contribution in [3.8, 4) is 0 Å². The maximum Gasteiger partial charge on any atom is 0.211 e. The minimum atomic E-state index is -3.22. The van der Waals surface area contributed by atoms with E-state index in [0.29, 0.717) is 13.0 Å². The van der Waals surface area contributed by atoms with Crippen molar-refractivity contribution < 1.29 is 8.42 Å². The average Bonchev–Trinajstić information content (AvgIpc) is 2.67. The van der Waals surface area contributed by atoms with Gasteiger partial charge in [-0.3, -0.25) is 9.98 Å². The summed E-state index contributed by atoms with van der Waals surface area (Å²) >= 11 is 0. The van der Waals surface area contributed by atoms with Crippen LogP contribution >= 0.6 is 0 Å². The monoisotopic (exact) mass is 397 g/mol. The third-order valence-electron chi connectivity index (χ3n) is 5.87. The zero-order valence-corrected chi connectivity index (χ0v) is 17.1. The molecule has 0 atom stereocenters. The lowest BCUT2D eigenvalue weighted by Crippen LogP contribution is -2.45. The number of hydrogen-bond acceptors (Lipinski definition) is 4. The first-order valence-electron chi connectivity index (χ1n) is 10.1. The summed E-state index contributed by atoms with van der Waals surface area (Å²) in [6.45, 7) is 3.00. The molecule has 0 amide bonds. The fourth-order valence-electron chi connectivity index (χ4n) is 4.28. The lowest BCUT2D eigenvalue weighted by molar-refractivity contribution is 0.331. The quantitative estimate of drug-likeness (QED) is 0.778. The summed E-state index contributed by atoms with van der Waals surface area (Å²) in [4.78, 5) is 9.62. The van der Waals surface area contributed by atoms with Crippen molar-refractivity contribution in [2.45, 2.75) is 51.0 Å². The third kappa shape index (κ3) is 3.63. The van der Waals surface area contributed by atoms with Gasteiger partial charge in [0.1, 0.15) is 0 Å². The molecule has 1 aliphatic heterocycles. The molecular formula is C22H27N3O2S. The van der Waals surface area contributed by atoms with Crippen LogP contribution in [0, 0.1) is 0 Å². The molecule has 2 heterocycles. The number of benzene rings is 1. The van der Waals surface area contributed by atoms with Gasteiger partial charge in [-0.15, -0.1) is 0 Å². The topological polar surface area (TPSA) is 71.4 Å². The first-order valence-corrected chi connectivity index (χ1v) is 11.8. The molecule has 2 aliphatic rings. The Bertz CT molecular complexity index is 980. The molecule has 1 aromatic heterocycles. The van der Waals surface area contributed by atoms with Crippen molar-refractivity contribution in [3.63, 3.8) is 0 Å². The summed E-state index contributed by atoms with van der Waals surface area (Å²) in [6, 6.07) is 12.4. The standard InChI is InChI=1S/C22H27N3O2S/c1-2-14-28(26,27)25-16-17-7-8-18-9-13-24-21(19(18)15-17)22(10-5-11-22)20-6-3-4-12-23-20/h3-4,6-8,12,15,25H,2,5,9-11,13-14,16H2,1H3. The summed E-state index contributed by atoms with van der Waals surface area (Å²) in [5, 5.41) is 0. The van der Waals surface area contributed by atoms with Gasteiger partial charge in [0.15, 0.2) is 0 Å². The summed E-state index contributed by atoms with van der Waals surface area (Å²) in [7, 11) is -3.22. The number of rotatable bonds is 7. The highest BCUT2D eigenvalue weighted by molar-refractivity contribution is 7.89. The summed E-state index contributed by atoms with van der Waals surface area (Å²) in [5.41, 5.74) is 5.58. The molecule has 0 radical (unpaired) electrons. The van der Waals surface area contributed by atoms with Gasteiger partial charge < -0.3 is 0 Å². The smallest absolute Gasteiger partial charge is 0.211 e. The Morgan fingerprint density at radius 2 is 2.04 bits per heavy atom. The third-order valence-corrected chi connectivity index (χ3v) is 7.39. The summed E-state index contributed by atoms with van der Waals surface area (Å²) in [5.74, 6) is 0.160. The van der Waals surface area contributed by atoms with Crippen molar-refractivity contribution >= 4 is 15.7 Å².